The molecule has 3 aromatic rings. The number of benzene rings is 2. The first-order valence-corrected chi connectivity index (χ1v) is 7.06. The second-order valence-corrected chi connectivity index (χ2v) is 5.35. The Morgan fingerprint density at radius 3 is 2.86 bits per heavy atom. The van der Waals surface area contributed by atoms with Crippen molar-refractivity contribution in [2.24, 2.45) is 0 Å². The molecule has 1 aliphatic heterocycles. The van der Waals surface area contributed by atoms with Crippen molar-refractivity contribution in [1.29, 1.82) is 0 Å². The molecule has 106 valence electrons. The van der Waals surface area contributed by atoms with Gasteiger partial charge in [-0.3, -0.25) is 0 Å². The molecule has 0 unspecified atom stereocenters. The van der Waals surface area contributed by atoms with E-state index in [4.69, 9.17) is 21.1 Å². The van der Waals surface area contributed by atoms with Gasteiger partial charge in [-0.2, -0.15) is 0 Å². The minimum absolute atomic E-state index is 0.249. The SMILES string of the molecule is Clc1cc2c(cc1NCc1ccc3[nH]ccc3c1)OCO2. The van der Waals surface area contributed by atoms with Gasteiger partial charge in [0.25, 0.3) is 0 Å². The Hall–Kier alpha value is -2.33. The average molecular weight is 301 g/mol. The van der Waals surface area contributed by atoms with E-state index in [9.17, 15) is 0 Å². The van der Waals surface area contributed by atoms with E-state index >= 15 is 0 Å². The van der Waals surface area contributed by atoms with Crippen LogP contribution < -0.4 is 14.8 Å². The van der Waals surface area contributed by atoms with Gasteiger partial charge in [0.05, 0.1) is 10.7 Å². The fraction of sp³-hybridized carbons (Fsp3) is 0.125. The lowest BCUT2D eigenvalue weighted by molar-refractivity contribution is 0.174. The number of ether oxygens (including phenoxy) is 2. The van der Waals surface area contributed by atoms with Gasteiger partial charge in [-0.25, -0.2) is 0 Å². The maximum Gasteiger partial charge on any atom is 0.231 e. The second kappa shape index (κ2) is 4.90. The van der Waals surface area contributed by atoms with Crippen molar-refractivity contribution < 1.29 is 9.47 Å². The normalized spacial score (nSPS) is 12.8. The first-order chi connectivity index (χ1) is 10.3. The summed E-state index contributed by atoms with van der Waals surface area (Å²) in [4.78, 5) is 3.19. The highest BCUT2D eigenvalue weighted by Crippen LogP contribution is 2.39. The van der Waals surface area contributed by atoms with E-state index in [2.05, 4.69) is 34.6 Å². The Bertz CT molecular complexity index is 813. The predicted octanol–water partition coefficient (Wildman–Crippen LogP) is 4.16. The van der Waals surface area contributed by atoms with E-state index < -0.39 is 0 Å². The number of rotatable bonds is 3. The van der Waals surface area contributed by atoms with Crippen molar-refractivity contribution in [1.82, 2.24) is 4.98 Å². The fourth-order valence-corrected chi connectivity index (χ4v) is 2.68. The standard InChI is InChI=1S/C16H13ClN2O2/c17-12-6-15-16(21-9-20-15)7-14(12)19-8-10-1-2-13-11(5-10)3-4-18-13/h1-7,18-19H,8-9H2. The van der Waals surface area contributed by atoms with Crippen LogP contribution in [0.25, 0.3) is 10.9 Å². The molecule has 0 radical (unpaired) electrons. The van der Waals surface area contributed by atoms with E-state index in [0.29, 0.717) is 17.3 Å². The van der Waals surface area contributed by atoms with E-state index in [1.54, 1.807) is 6.07 Å². The molecule has 0 amide bonds. The number of halogens is 1. The molecule has 2 N–H and O–H groups in total. The van der Waals surface area contributed by atoms with E-state index in [1.165, 1.54) is 10.9 Å². The maximum absolute atomic E-state index is 6.25. The molecule has 1 aliphatic rings. The molecule has 2 aromatic carbocycles. The summed E-state index contributed by atoms with van der Waals surface area (Å²) in [7, 11) is 0. The molecule has 0 saturated carbocycles. The second-order valence-electron chi connectivity index (χ2n) is 4.94. The lowest BCUT2D eigenvalue weighted by Gasteiger charge is -2.10. The largest absolute Gasteiger partial charge is 0.454 e. The Labute approximate surface area is 126 Å². The Morgan fingerprint density at radius 2 is 1.95 bits per heavy atom. The molecule has 1 aromatic heterocycles. The third kappa shape index (κ3) is 2.28. The average Bonchev–Trinajstić information content (AvgIpc) is 3.12. The zero-order valence-corrected chi connectivity index (χ0v) is 11.9. The molecular formula is C16H13ClN2O2. The summed E-state index contributed by atoms with van der Waals surface area (Å²) in [5, 5.41) is 5.17. The van der Waals surface area contributed by atoms with Crippen LogP contribution >= 0.6 is 11.6 Å². The van der Waals surface area contributed by atoms with Crippen LogP contribution in [-0.2, 0) is 6.54 Å². The van der Waals surface area contributed by atoms with Crippen LogP contribution in [0.15, 0.2) is 42.6 Å². The van der Waals surface area contributed by atoms with Gasteiger partial charge in [-0.05, 0) is 29.1 Å². The van der Waals surface area contributed by atoms with Gasteiger partial charge in [0.1, 0.15) is 0 Å². The Morgan fingerprint density at radius 1 is 1.10 bits per heavy atom. The van der Waals surface area contributed by atoms with Gasteiger partial charge >= 0.3 is 0 Å². The lowest BCUT2D eigenvalue weighted by Crippen LogP contribution is -2.00. The minimum atomic E-state index is 0.249. The molecule has 0 aliphatic carbocycles. The third-order valence-corrected chi connectivity index (χ3v) is 3.88. The highest BCUT2D eigenvalue weighted by molar-refractivity contribution is 6.33. The molecule has 0 bridgehead atoms. The molecule has 0 atom stereocenters. The maximum atomic E-state index is 6.25. The molecule has 5 heteroatoms. The number of aromatic nitrogens is 1. The van der Waals surface area contributed by atoms with Crippen molar-refractivity contribution in [2.45, 2.75) is 6.54 Å². The van der Waals surface area contributed by atoms with Gasteiger partial charge in [0, 0.05) is 30.4 Å². The van der Waals surface area contributed by atoms with Crippen molar-refractivity contribution >= 4 is 28.2 Å². The Kier molecular flexibility index (Phi) is 2.89. The number of anilines is 1. The van der Waals surface area contributed by atoms with Gasteiger partial charge in [0.15, 0.2) is 11.5 Å². The van der Waals surface area contributed by atoms with Crippen LogP contribution in [0.4, 0.5) is 5.69 Å². The highest BCUT2D eigenvalue weighted by Gasteiger charge is 2.16. The number of H-pyrrole nitrogens is 1. The van der Waals surface area contributed by atoms with Crippen molar-refractivity contribution in [3.05, 3.63) is 53.2 Å². The van der Waals surface area contributed by atoms with Crippen LogP contribution in [0.1, 0.15) is 5.56 Å². The molecule has 0 saturated heterocycles. The Balaban J connectivity index is 1.56. The summed E-state index contributed by atoms with van der Waals surface area (Å²) < 4.78 is 10.7. The summed E-state index contributed by atoms with van der Waals surface area (Å²) in [6.07, 6.45) is 1.94. The van der Waals surface area contributed by atoms with Gasteiger partial charge in [-0.1, -0.05) is 17.7 Å². The number of fused-ring (bicyclic) bond motifs is 2. The molecule has 2 heterocycles. The van der Waals surface area contributed by atoms with E-state index in [1.807, 2.05) is 12.3 Å². The van der Waals surface area contributed by atoms with E-state index in [-0.39, 0.29) is 6.79 Å². The highest BCUT2D eigenvalue weighted by atomic mass is 35.5. The first kappa shape index (κ1) is 12.4. The lowest BCUT2D eigenvalue weighted by atomic mass is 10.1. The zero-order valence-electron chi connectivity index (χ0n) is 11.2. The van der Waals surface area contributed by atoms with Gasteiger partial charge in [-0.15, -0.1) is 0 Å². The summed E-state index contributed by atoms with van der Waals surface area (Å²) >= 11 is 6.25. The molecule has 4 nitrogen and oxygen atoms in total. The first-order valence-electron chi connectivity index (χ1n) is 6.69. The van der Waals surface area contributed by atoms with Crippen LogP contribution in [-0.4, -0.2) is 11.8 Å². The third-order valence-electron chi connectivity index (χ3n) is 3.56. The molecule has 4 rings (SSSR count). The zero-order chi connectivity index (χ0) is 14.2. The molecule has 0 spiro atoms. The van der Waals surface area contributed by atoms with Crippen LogP contribution in [0.3, 0.4) is 0 Å². The summed E-state index contributed by atoms with van der Waals surface area (Å²) in [5.41, 5.74) is 3.17. The van der Waals surface area contributed by atoms with E-state index in [0.717, 1.165) is 17.0 Å². The van der Waals surface area contributed by atoms with Crippen LogP contribution in [0.2, 0.25) is 5.02 Å². The monoisotopic (exact) mass is 300 g/mol. The minimum Gasteiger partial charge on any atom is -0.454 e. The van der Waals surface area contributed by atoms with Crippen molar-refractivity contribution in [2.75, 3.05) is 12.1 Å². The quantitative estimate of drug-likeness (QED) is 0.763. The van der Waals surface area contributed by atoms with Crippen LogP contribution in [0, 0.1) is 0 Å². The van der Waals surface area contributed by atoms with Gasteiger partial charge < -0.3 is 19.8 Å². The number of nitrogens with one attached hydrogen (secondary N) is 2. The van der Waals surface area contributed by atoms with Gasteiger partial charge in [0.2, 0.25) is 6.79 Å². The summed E-state index contributed by atoms with van der Waals surface area (Å²) in [5.74, 6) is 1.42. The summed E-state index contributed by atoms with van der Waals surface area (Å²) in [6.45, 7) is 0.944. The summed E-state index contributed by atoms with van der Waals surface area (Å²) in [6, 6.07) is 12.0. The van der Waals surface area contributed by atoms with Crippen molar-refractivity contribution in [3.63, 3.8) is 0 Å². The number of hydrogen-bond donors (Lipinski definition) is 2. The smallest absolute Gasteiger partial charge is 0.231 e. The molecule has 0 fully saturated rings. The fourth-order valence-electron chi connectivity index (χ4n) is 2.46. The molecule has 21 heavy (non-hydrogen) atoms. The van der Waals surface area contributed by atoms with Crippen LogP contribution in [0.5, 0.6) is 11.5 Å². The number of aromatic amines is 1. The van der Waals surface area contributed by atoms with Crippen molar-refractivity contribution in [3.8, 4) is 11.5 Å². The number of hydrogen-bond acceptors (Lipinski definition) is 3. The predicted molar refractivity (Wildman–Crippen MR) is 83.2 cm³/mol. The topological polar surface area (TPSA) is 46.3 Å². The molecular weight excluding hydrogens is 288 g/mol.